The number of hydrogen-bond acceptors (Lipinski definition) is 0. The van der Waals surface area contributed by atoms with Gasteiger partial charge in [-0.25, -0.2) is 0 Å². The van der Waals surface area contributed by atoms with Crippen LogP contribution in [-0.2, 0) is 0 Å². The minimum absolute atomic E-state index is 0. The van der Waals surface area contributed by atoms with Gasteiger partial charge in [-0.3, -0.25) is 0 Å². The molecule has 0 rings (SSSR count). The fourth-order valence-corrected chi connectivity index (χ4v) is 1.84. The average molecular weight is 302 g/mol. The van der Waals surface area contributed by atoms with Gasteiger partial charge in [0.05, 0.1) is 0 Å². The van der Waals surface area contributed by atoms with E-state index in [1.807, 2.05) is 0 Å². The van der Waals surface area contributed by atoms with Crippen molar-refractivity contribution in [3.8, 4) is 0 Å². The van der Waals surface area contributed by atoms with Crippen LogP contribution in [0, 0.1) is 6.42 Å². The van der Waals surface area contributed by atoms with Crippen LogP contribution in [0.2, 0.25) is 0 Å². The summed E-state index contributed by atoms with van der Waals surface area (Å²) in [7, 11) is 0. The van der Waals surface area contributed by atoms with E-state index in [9.17, 15) is 0 Å². The van der Waals surface area contributed by atoms with Crippen LogP contribution in [0.1, 0.15) is 84.5 Å². The maximum atomic E-state index is 2.28. The third-order valence-corrected chi connectivity index (χ3v) is 2.85. The number of hydrogen-bond donors (Lipinski definition) is 0. The standard InChI is InChI=1S/C14H29.BrH.Mg/c1-3-5-7-9-11-13-14-12-10-8-6-4-2;;/h3H,4-14H2,1-2H3;1H;/q-1;;+2/p-1. The first-order chi connectivity index (χ1) is 6.91. The number of rotatable bonds is 11. The summed E-state index contributed by atoms with van der Waals surface area (Å²) >= 11 is 0. The SMILES string of the molecule is C[CH-]CCCCCCCCCCCC.[Br-].[Mg+2]. The third-order valence-electron chi connectivity index (χ3n) is 2.85. The van der Waals surface area contributed by atoms with E-state index in [1.165, 1.54) is 70.6 Å². The molecule has 0 aliphatic rings. The van der Waals surface area contributed by atoms with Crippen LogP contribution in [0.25, 0.3) is 0 Å². The molecule has 0 nitrogen and oxygen atoms in total. The molecule has 0 unspecified atom stereocenters. The second kappa shape index (κ2) is 21.5. The molecule has 0 heterocycles. The maximum Gasteiger partial charge on any atom is 2.00 e. The largest absolute Gasteiger partial charge is 2.00 e. The van der Waals surface area contributed by atoms with E-state index in [2.05, 4.69) is 20.3 Å². The molecule has 0 aromatic rings. The van der Waals surface area contributed by atoms with Crippen LogP contribution in [0.4, 0.5) is 0 Å². The van der Waals surface area contributed by atoms with Gasteiger partial charge in [-0.2, -0.15) is 13.3 Å². The van der Waals surface area contributed by atoms with Crippen molar-refractivity contribution in [2.24, 2.45) is 0 Å². The summed E-state index contributed by atoms with van der Waals surface area (Å²) in [6.07, 6.45) is 18.1. The van der Waals surface area contributed by atoms with Crippen molar-refractivity contribution in [1.82, 2.24) is 0 Å². The molecule has 0 saturated heterocycles. The Morgan fingerprint density at radius 1 is 0.688 bits per heavy atom. The fraction of sp³-hybridized carbons (Fsp3) is 0.929. The van der Waals surface area contributed by atoms with Gasteiger partial charge in [0, 0.05) is 0 Å². The second-order valence-electron chi connectivity index (χ2n) is 4.38. The summed E-state index contributed by atoms with van der Waals surface area (Å²) < 4.78 is 0. The molecular weight excluding hydrogens is 272 g/mol. The van der Waals surface area contributed by atoms with E-state index in [0.717, 1.165) is 0 Å². The summed E-state index contributed by atoms with van der Waals surface area (Å²) in [5.74, 6) is 0. The van der Waals surface area contributed by atoms with E-state index >= 15 is 0 Å². The first kappa shape index (κ1) is 22.4. The Morgan fingerprint density at radius 2 is 1.06 bits per heavy atom. The van der Waals surface area contributed by atoms with Crippen LogP contribution < -0.4 is 17.0 Å². The maximum absolute atomic E-state index is 2.28. The number of halogens is 1. The Bertz CT molecular complexity index is 84.7. The zero-order valence-corrected chi connectivity index (χ0v) is 14.4. The van der Waals surface area contributed by atoms with Crippen molar-refractivity contribution in [2.45, 2.75) is 84.5 Å². The van der Waals surface area contributed by atoms with Gasteiger partial charge in [-0.1, -0.05) is 71.1 Å². The Balaban J connectivity index is -0.000000845. The summed E-state index contributed by atoms with van der Waals surface area (Å²) in [6, 6.07) is 0. The van der Waals surface area contributed by atoms with Gasteiger partial charge in [0.25, 0.3) is 0 Å². The van der Waals surface area contributed by atoms with Crippen LogP contribution in [0.3, 0.4) is 0 Å². The summed E-state index contributed by atoms with van der Waals surface area (Å²) in [5, 5.41) is 0. The minimum atomic E-state index is 0. The second-order valence-corrected chi connectivity index (χ2v) is 4.38. The quantitative estimate of drug-likeness (QED) is 0.312. The van der Waals surface area contributed by atoms with E-state index in [-0.39, 0.29) is 40.0 Å². The molecule has 0 radical (unpaired) electrons. The van der Waals surface area contributed by atoms with Crippen LogP contribution in [0.15, 0.2) is 0 Å². The topological polar surface area (TPSA) is 0 Å². The molecule has 0 atom stereocenters. The molecule has 0 aromatic heterocycles. The number of unbranched alkanes of at least 4 members (excludes halogenated alkanes) is 11. The molecule has 0 N–H and O–H groups in total. The van der Waals surface area contributed by atoms with Crippen LogP contribution in [-0.4, -0.2) is 23.1 Å². The van der Waals surface area contributed by atoms with Gasteiger partial charge in [0.2, 0.25) is 0 Å². The van der Waals surface area contributed by atoms with Gasteiger partial charge < -0.3 is 23.4 Å². The van der Waals surface area contributed by atoms with E-state index in [0.29, 0.717) is 0 Å². The molecule has 0 bridgehead atoms. The van der Waals surface area contributed by atoms with Crippen LogP contribution in [0.5, 0.6) is 0 Å². The van der Waals surface area contributed by atoms with Crippen molar-refractivity contribution < 1.29 is 17.0 Å². The summed E-state index contributed by atoms with van der Waals surface area (Å²) in [6.45, 7) is 4.44. The Morgan fingerprint density at radius 3 is 1.44 bits per heavy atom. The van der Waals surface area contributed by atoms with Crippen molar-refractivity contribution in [3.05, 3.63) is 6.42 Å². The van der Waals surface area contributed by atoms with Gasteiger partial charge in [0.15, 0.2) is 0 Å². The molecule has 0 aliphatic heterocycles. The zero-order valence-electron chi connectivity index (χ0n) is 11.4. The summed E-state index contributed by atoms with van der Waals surface area (Å²) in [5.41, 5.74) is 0. The first-order valence-corrected chi connectivity index (χ1v) is 6.69. The van der Waals surface area contributed by atoms with Crippen molar-refractivity contribution in [2.75, 3.05) is 0 Å². The molecule has 2 heteroatoms. The predicted octanol–water partition coefficient (Wildman–Crippen LogP) is 2.14. The molecular formula is C14H29BrMg. The van der Waals surface area contributed by atoms with E-state index in [4.69, 9.17) is 0 Å². The molecule has 94 valence electrons. The molecule has 0 fully saturated rings. The zero-order chi connectivity index (χ0) is 10.5. The van der Waals surface area contributed by atoms with E-state index < -0.39 is 0 Å². The smallest absolute Gasteiger partial charge is 1.00 e. The minimum Gasteiger partial charge on any atom is -1.00 e. The fourth-order valence-electron chi connectivity index (χ4n) is 1.84. The first-order valence-electron chi connectivity index (χ1n) is 6.69. The van der Waals surface area contributed by atoms with Gasteiger partial charge >= 0.3 is 23.1 Å². The van der Waals surface area contributed by atoms with Crippen molar-refractivity contribution in [3.63, 3.8) is 0 Å². The Hall–Kier alpha value is 1.25. The van der Waals surface area contributed by atoms with Crippen LogP contribution >= 0.6 is 0 Å². The van der Waals surface area contributed by atoms with Gasteiger partial charge in [-0.05, 0) is 0 Å². The average Bonchev–Trinajstić information content (AvgIpc) is 2.21. The molecule has 0 aliphatic carbocycles. The predicted molar refractivity (Wildman–Crippen MR) is 72.2 cm³/mol. The van der Waals surface area contributed by atoms with Crippen molar-refractivity contribution >= 4 is 23.1 Å². The van der Waals surface area contributed by atoms with E-state index in [1.54, 1.807) is 0 Å². The molecule has 0 saturated carbocycles. The third kappa shape index (κ3) is 20.6. The molecule has 0 aromatic carbocycles. The Labute approximate surface area is 130 Å². The normalized spacial score (nSPS) is 9.38. The molecule has 16 heavy (non-hydrogen) atoms. The monoisotopic (exact) mass is 300 g/mol. The summed E-state index contributed by atoms with van der Waals surface area (Å²) in [4.78, 5) is 0. The van der Waals surface area contributed by atoms with Gasteiger partial charge in [0.1, 0.15) is 0 Å². The molecule has 0 spiro atoms. The Kier molecular flexibility index (Phi) is 30.2. The van der Waals surface area contributed by atoms with Gasteiger partial charge in [-0.15, -0.1) is 0 Å². The molecule has 0 amide bonds. The van der Waals surface area contributed by atoms with Crippen molar-refractivity contribution in [1.29, 1.82) is 0 Å².